The molecule has 0 amide bonds. The van der Waals surface area contributed by atoms with E-state index in [1.807, 2.05) is 19.2 Å². The molecule has 0 aromatic carbocycles. The lowest BCUT2D eigenvalue weighted by Crippen LogP contribution is -2.44. The van der Waals surface area contributed by atoms with Gasteiger partial charge in [0.1, 0.15) is 0 Å². The van der Waals surface area contributed by atoms with Crippen molar-refractivity contribution in [1.29, 1.82) is 0 Å². The molecule has 0 spiro atoms. The Balaban J connectivity index is 1.89. The van der Waals surface area contributed by atoms with Gasteiger partial charge < -0.3 is 16.0 Å². The highest BCUT2D eigenvalue weighted by Crippen LogP contribution is 2.15. The van der Waals surface area contributed by atoms with Crippen LogP contribution in [0.1, 0.15) is 71.1 Å². The van der Waals surface area contributed by atoms with Gasteiger partial charge >= 0.3 is 0 Å². The zero-order valence-corrected chi connectivity index (χ0v) is 13.2. The van der Waals surface area contributed by atoms with Crippen molar-refractivity contribution in [3.63, 3.8) is 0 Å². The summed E-state index contributed by atoms with van der Waals surface area (Å²) in [5.74, 6) is 0. The van der Waals surface area contributed by atoms with Crippen molar-refractivity contribution in [2.75, 3.05) is 0 Å². The molecule has 1 heterocycles. The first-order chi connectivity index (χ1) is 9.75. The number of hydrogen-bond donors (Lipinski definition) is 2. The Labute approximate surface area is 125 Å². The third kappa shape index (κ3) is 6.99. The Hall–Kier alpha value is -0.960. The van der Waals surface area contributed by atoms with Crippen molar-refractivity contribution in [3.8, 4) is 0 Å². The zero-order valence-electron chi connectivity index (χ0n) is 13.2. The largest absolute Gasteiger partial charge is 0.370 e. The Morgan fingerprint density at radius 2 is 1.75 bits per heavy atom. The summed E-state index contributed by atoms with van der Waals surface area (Å²) < 4.78 is 0. The maximum Gasteiger partial charge on any atom is 0.0995 e. The Kier molecular flexibility index (Phi) is 9.22. The van der Waals surface area contributed by atoms with E-state index in [0.29, 0.717) is 6.17 Å². The fraction of sp³-hybridized carbons (Fsp3) is 0.765. The van der Waals surface area contributed by atoms with Crippen LogP contribution in [0.25, 0.3) is 0 Å². The molecule has 0 saturated carbocycles. The minimum atomic E-state index is 0.0989. The Bertz CT molecular complexity index is 273. The molecule has 20 heavy (non-hydrogen) atoms. The van der Waals surface area contributed by atoms with Gasteiger partial charge in [-0.3, -0.25) is 0 Å². The van der Waals surface area contributed by atoms with Crippen LogP contribution in [-0.4, -0.2) is 17.2 Å². The van der Waals surface area contributed by atoms with Crippen molar-refractivity contribution in [2.24, 2.45) is 5.73 Å². The molecule has 0 aromatic rings. The molecular formula is C17H33N3. The average molecular weight is 279 g/mol. The van der Waals surface area contributed by atoms with E-state index in [-0.39, 0.29) is 6.17 Å². The van der Waals surface area contributed by atoms with E-state index >= 15 is 0 Å². The van der Waals surface area contributed by atoms with Gasteiger partial charge in [0.25, 0.3) is 0 Å². The molecule has 0 aromatic heterocycles. The van der Waals surface area contributed by atoms with Crippen molar-refractivity contribution in [1.82, 2.24) is 10.2 Å². The molecule has 0 bridgehead atoms. The van der Waals surface area contributed by atoms with E-state index in [2.05, 4.69) is 23.0 Å². The third-order valence-electron chi connectivity index (χ3n) is 4.00. The first kappa shape index (κ1) is 17.1. The number of nitrogens with one attached hydrogen (secondary N) is 1. The summed E-state index contributed by atoms with van der Waals surface area (Å²) in [6.45, 7) is 5.79. The lowest BCUT2D eigenvalue weighted by Gasteiger charge is -2.28. The van der Waals surface area contributed by atoms with Crippen molar-refractivity contribution in [3.05, 3.63) is 25.1 Å². The molecule has 0 aliphatic carbocycles. The van der Waals surface area contributed by atoms with Crippen LogP contribution >= 0.6 is 0 Å². The second-order valence-corrected chi connectivity index (χ2v) is 5.88. The monoisotopic (exact) mass is 279 g/mol. The summed E-state index contributed by atoms with van der Waals surface area (Å²) in [7, 11) is 0. The van der Waals surface area contributed by atoms with Crippen LogP contribution in [0.2, 0.25) is 0 Å². The van der Waals surface area contributed by atoms with Gasteiger partial charge in [0.05, 0.1) is 12.3 Å². The average Bonchev–Trinajstić information content (AvgIpc) is 2.89. The van der Waals surface area contributed by atoms with E-state index in [4.69, 9.17) is 5.73 Å². The van der Waals surface area contributed by atoms with Gasteiger partial charge in [-0.1, -0.05) is 44.6 Å². The van der Waals surface area contributed by atoms with Crippen LogP contribution < -0.4 is 11.1 Å². The standard InChI is InChI=1S/C17H33N3/c1-3-4-5-6-7-8-9-10-11-12-13-17-19-14-15-20(17)16(2)18/h3,14-17,19H,1,4-13,18H2,2H3. The highest BCUT2D eigenvalue weighted by Gasteiger charge is 2.20. The van der Waals surface area contributed by atoms with Crippen LogP contribution in [0, 0.1) is 0 Å². The smallest absolute Gasteiger partial charge is 0.0995 e. The predicted octanol–water partition coefficient (Wildman–Crippen LogP) is 4.08. The summed E-state index contributed by atoms with van der Waals surface area (Å²) >= 11 is 0. The van der Waals surface area contributed by atoms with Crippen LogP contribution in [0.15, 0.2) is 25.1 Å². The van der Waals surface area contributed by atoms with Crippen LogP contribution in [0.5, 0.6) is 0 Å². The van der Waals surface area contributed by atoms with Crippen molar-refractivity contribution in [2.45, 2.75) is 83.5 Å². The normalized spacial score (nSPS) is 19.1. The SMILES string of the molecule is C=CCCCCCCCCCCC1NC=CN1C(C)N. The van der Waals surface area contributed by atoms with Gasteiger partial charge in [-0.05, 0) is 32.6 Å². The molecular weight excluding hydrogens is 246 g/mol. The number of hydrogen-bond acceptors (Lipinski definition) is 3. The summed E-state index contributed by atoms with van der Waals surface area (Å²) in [6, 6.07) is 0. The fourth-order valence-corrected chi connectivity index (χ4v) is 2.77. The molecule has 1 aliphatic rings. The van der Waals surface area contributed by atoms with Crippen LogP contribution in [0.4, 0.5) is 0 Å². The van der Waals surface area contributed by atoms with E-state index in [1.54, 1.807) is 0 Å². The molecule has 1 aliphatic heterocycles. The second kappa shape index (κ2) is 10.8. The van der Waals surface area contributed by atoms with Crippen LogP contribution in [0.3, 0.4) is 0 Å². The molecule has 0 radical (unpaired) electrons. The highest BCUT2D eigenvalue weighted by atomic mass is 15.3. The number of allylic oxidation sites excluding steroid dienone is 1. The van der Waals surface area contributed by atoms with E-state index < -0.39 is 0 Å². The molecule has 2 atom stereocenters. The zero-order chi connectivity index (χ0) is 14.6. The molecule has 116 valence electrons. The van der Waals surface area contributed by atoms with Gasteiger partial charge in [-0.2, -0.15) is 0 Å². The summed E-state index contributed by atoms with van der Waals surface area (Å²) in [6.07, 6.45) is 19.9. The van der Waals surface area contributed by atoms with Crippen molar-refractivity contribution >= 4 is 0 Å². The second-order valence-electron chi connectivity index (χ2n) is 5.88. The lowest BCUT2D eigenvalue weighted by atomic mass is 10.1. The summed E-state index contributed by atoms with van der Waals surface area (Å²) in [4.78, 5) is 2.21. The maximum atomic E-state index is 5.94. The van der Waals surface area contributed by atoms with Gasteiger partial charge in [-0.15, -0.1) is 6.58 Å². The quantitative estimate of drug-likeness (QED) is 0.418. The van der Waals surface area contributed by atoms with E-state index in [0.717, 1.165) is 0 Å². The van der Waals surface area contributed by atoms with E-state index in [1.165, 1.54) is 64.2 Å². The molecule has 0 saturated heterocycles. The summed E-state index contributed by atoms with van der Waals surface area (Å²) in [5, 5.41) is 3.38. The third-order valence-corrected chi connectivity index (χ3v) is 4.00. The topological polar surface area (TPSA) is 41.3 Å². The highest BCUT2D eigenvalue weighted by molar-refractivity contribution is 4.95. The number of nitrogens with zero attached hydrogens (tertiary/aromatic N) is 1. The molecule has 3 nitrogen and oxygen atoms in total. The van der Waals surface area contributed by atoms with Crippen molar-refractivity contribution < 1.29 is 0 Å². The fourth-order valence-electron chi connectivity index (χ4n) is 2.77. The minimum absolute atomic E-state index is 0.0989. The molecule has 1 rings (SSSR count). The minimum Gasteiger partial charge on any atom is -0.370 e. The number of rotatable bonds is 12. The predicted molar refractivity (Wildman–Crippen MR) is 87.9 cm³/mol. The van der Waals surface area contributed by atoms with Gasteiger partial charge in [0.15, 0.2) is 0 Å². The van der Waals surface area contributed by atoms with E-state index in [9.17, 15) is 0 Å². The summed E-state index contributed by atoms with van der Waals surface area (Å²) in [5.41, 5.74) is 5.94. The number of unbranched alkanes of at least 4 members (excludes halogenated alkanes) is 8. The first-order valence-electron chi connectivity index (χ1n) is 8.32. The molecule has 0 fully saturated rings. The number of nitrogens with two attached hydrogens (primary N) is 1. The van der Waals surface area contributed by atoms with Crippen LogP contribution in [-0.2, 0) is 0 Å². The molecule has 3 heteroatoms. The lowest BCUT2D eigenvalue weighted by molar-refractivity contribution is 0.208. The molecule has 3 N–H and O–H groups in total. The Morgan fingerprint density at radius 1 is 1.15 bits per heavy atom. The maximum absolute atomic E-state index is 5.94. The van der Waals surface area contributed by atoms with Gasteiger partial charge in [0.2, 0.25) is 0 Å². The first-order valence-corrected chi connectivity index (χ1v) is 8.32. The van der Waals surface area contributed by atoms with Gasteiger partial charge in [-0.25, -0.2) is 0 Å². The Morgan fingerprint density at radius 3 is 2.35 bits per heavy atom. The molecule has 2 unspecified atom stereocenters. The van der Waals surface area contributed by atoms with Gasteiger partial charge in [0, 0.05) is 12.4 Å².